The van der Waals surface area contributed by atoms with Gasteiger partial charge in [-0.2, -0.15) is 0 Å². The maximum Gasteiger partial charge on any atom is 0.194 e. The lowest BCUT2D eigenvalue weighted by atomic mass is 9.72. The van der Waals surface area contributed by atoms with Crippen molar-refractivity contribution in [3.05, 3.63) is 35.1 Å². The molecule has 112 valence electrons. The highest BCUT2D eigenvalue weighted by molar-refractivity contribution is 5.23. The lowest BCUT2D eigenvalue weighted by molar-refractivity contribution is 0.228. The third-order valence-corrected chi connectivity index (χ3v) is 4.76. The van der Waals surface area contributed by atoms with Crippen molar-refractivity contribution in [1.82, 2.24) is 0 Å². The van der Waals surface area contributed by atoms with Crippen LogP contribution in [0.4, 0.5) is 13.2 Å². The molecule has 1 aliphatic carbocycles. The van der Waals surface area contributed by atoms with Crippen LogP contribution in [0.15, 0.2) is 12.1 Å². The normalized spacial score (nSPS) is 24.6. The molecule has 3 atom stereocenters. The molecule has 0 aromatic heterocycles. The van der Waals surface area contributed by atoms with Gasteiger partial charge in [-0.1, -0.05) is 39.5 Å². The van der Waals surface area contributed by atoms with E-state index in [0.717, 1.165) is 30.9 Å². The van der Waals surface area contributed by atoms with Crippen molar-refractivity contribution in [3.8, 4) is 0 Å². The van der Waals surface area contributed by atoms with E-state index >= 15 is 0 Å². The molecule has 0 N–H and O–H groups in total. The quantitative estimate of drug-likeness (QED) is 0.612. The first kappa shape index (κ1) is 15.4. The van der Waals surface area contributed by atoms with E-state index in [9.17, 15) is 13.2 Å². The van der Waals surface area contributed by atoms with Crippen molar-refractivity contribution in [3.63, 3.8) is 0 Å². The highest BCUT2D eigenvalue weighted by atomic mass is 19.2. The summed E-state index contributed by atoms with van der Waals surface area (Å²) >= 11 is 0. The lowest BCUT2D eigenvalue weighted by Gasteiger charge is -2.33. The van der Waals surface area contributed by atoms with Crippen LogP contribution in [0, 0.1) is 29.3 Å². The summed E-state index contributed by atoms with van der Waals surface area (Å²) in [5.74, 6) is -2.26. The zero-order valence-corrected chi connectivity index (χ0v) is 12.3. The number of rotatable bonds is 4. The Morgan fingerprint density at radius 1 is 1.15 bits per heavy atom. The number of benzene rings is 1. The predicted molar refractivity (Wildman–Crippen MR) is 75.1 cm³/mol. The smallest absolute Gasteiger partial charge is 0.194 e. The van der Waals surface area contributed by atoms with E-state index in [2.05, 4.69) is 6.92 Å². The molecule has 1 aromatic carbocycles. The zero-order valence-electron chi connectivity index (χ0n) is 12.3. The largest absolute Gasteiger partial charge is 0.204 e. The second-order valence-electron chi connectivity index (χ2n) is 6.17. The summed E-state index contributed by atoms with van der Waals surface area (Å²) in [6.07, 6.45) is 7.09. The molecule has 3 heteroatoms. The highest BCUT2D eigenvalue weighted by Crippen LogP contribution is 2.40. The fraction of sp³-hybridized carbons (Fsp3) is 0.647. The number of halogens is 3. The Morgan fingerprint density at radius 2 is 1.80 bits per heavy atom. The first-order valence-corrected chi connectivity index (χ1v) is 7.67. The Hall–Kier alpha value is -0.990. The van der Waals surface area contributed by atoms with Crippen LogP contribution in [0.3, 0.4) is 0 Å². The molecule has 1 fully saturated rings. The van der Waals surface area contributed by atoms with E-state index in [4.69, 9.17) is 0 Å². The standard InChI is InChI=1S/C17H23F3/c1-3-5-12-6-4-7-13(8-12)11(2)14-9-15(18)17(20)16(19)10-14/h9-13H,3-8H2,1-2H3. The average molecular weight is 284 g/mol. The minimum atomic E-state index is -1.37. The molecule has 0 nitrogen and oxygen atoms in total. The minimum Gasteiger partial charge on any atom is -0.204 e. The van der Waals surface area contributed by atoms with Crippen LogP contribution < -0.4 is 0 Å². The Morgan fingerprint density at radius 3 is 2.40 bits per heavy atom. The van der Waals surface area contributed by atoms with Gasteiger partial charge >= 0.3 is 0 Å². The van der Waals surface area contributed by atoms with E-state index in [1.165, 1.54) is 25.7 Å². The monoisotopic (exact) mass is 284 g/mol. The molecule has 0 saturated heterocycles. The lowest BCUT2D eigenvalue weighted by Crippen LogP contribution is -2.20. The summed E-state index contributed by atoms with van der Waals surface area (Å²) in [5.41, 5.74) is 0.587. The molecule has 0 bridgehead atoms. The van der Waals surface area contributed by atoms with Gasteiger partial charge in [0.25, 0.3) is 0 Å². The molecule has 1 saturated carbocycles. The van der Waals surface area contributed by atoms with Gasteiger partial charge in [-0.3, -0.25) is 0 Å². The van der Waals surface area contributed by atoms with Crippen molar-refractivity contribution in [2.45, 2.75) is 58.3 Å². The predicted octanol–water partition coefficient (Wildman–Crippen LogP) is 5.81. The van der Waals surface area contributed by atoms with Crippen LogP contribution in [0.5, 0.6) is 0 Å². The van der Waals surface area contributed by atoms with E-state index in [-0.39, 0.29) is 5.92 Å². The van der Waals surface area contributed by atoms with Gasteiger partial charge in [0.2, 0.25) is 0 Å². The van der Waals surface area contributed by atoms with E-state index in [1.807, 2.05) is 6.92 Å². The van der Waals surface area contributed by atoms with E-state index in [1.54, 1.807) is 0 Å². The molecule has 3 unspecified atom stereocenters. The molecule has 0 radical (unpaired) electrons. The molecular formula is C17H23F3. The second-order valence-corrected chi connectivity index (χ2v) is 6.17. The summed E-state index contributed by atoms with van der Waals surface area (Å²) < 4.78 is 39.7. The minimum absolute atomic E-state index is 0.0826. The van der Waals surface area contributed by atoms with Gasteiger partial charge in [-0.25, -0.2) is 13.2 Å². The summed E-state index contributed by atoms with van der Waals surface area (Å²) in [4.78, 5) is 0. The molecule has 1 aromatic rings. The first-order chi connectivity index (χ1) is 9.52. The van der Waals surface area contributed by atoms with E-state index in [0.29, 0.717) is 11.5 Å². The van der Waals surface area contributed by atoms with Gasteiger partial charge in [-0.05, 0) is 48.3 Å². The maximum atomic E-state index is 13.4. The number of hydrogen-bond acceptors (Lipinski definition) is 0. The van der Waals surface area contributed by atoms with Crippen LogP contribution >= 0.6 is 0 Å². The molecule has 0 heterocycles. The molecular weight excluding hydrogens is 261 g/mol. The molecule has 0 spiro atoms. The fourth-order valence-corrected chi connectivity index (χ4v) is 3.57. The molecule has 2 rings (SSSR count). The molecule has 20 heavy (non-hydrogen) atoms. The zero-order chi connectivity index (χ0) is 14.7. The van der Waals surface area contributed by atoms with Crippen molar-refractivity contribution in [2.75, 3.05) is 0 Å². The van der Waals surface area contributed by atoms with Gasteiger partial charge in [0.15, 0.2) is 17.5 Å². The first-order valence-electron chi connectivity index (χ1n) is 7.67. The third kappa shape index (κ3) is 3.36. The maximum absolute atomic E-state index is 13.4. The van der Waals surface area contributed by atoms with E-state index < -0.39 is 17.5 Å². The Kier molecular flexibility index (Phi) is 5.11. The van der Waals surface area contributed by atoms with Crippen LogP contribution in [0.2, 0.25) is 0 Å². The average Bonchev–Trinajstić information content (AvgIpc) is 2.44. The topological polar surface area (TPSA) is 0 Å². The Labute approximate surface area is 119 Å². The van der Waals surface area contributed by atoms with Gasteiger partial charge in [0, 0.05) is 0 Å². The SMILES string of the molecule is CCCC1CCCC(C(C)c2cc(F)c(F)c(F)c2)C1. The summed E-state index contributed by atoms with van der Waals surface area (Å²) in [6, 6.07) is 2.32. The van der Waals surface area contributed by atoms with Crippen LogP contribution in [0.25, 0.3) is 0 Å². The Balaban J connectivity index is 2.12. The van der Waals surface area contributed by atoms with Gasteiger partial charge in [0.1, 0.15) is 0 Å². The molecule has 0 amide bonds. The summed E-state index contributed by atoms with van der Waals surface area (Å²) in [6.45, 7) is 4.20. The van der Waals surface area contributed by atoms with Crippen LogP contribution in [0.1, 0.15) is 63.9 Å². The van der Waals surface area contributed by atoms with Crippen molar-refractivity contribution >= 4 is 0 Å². The molecule has 0 aliphatic heterocycles. The third-order valence-electron chi connectivity index (χ3n) is 4.76. The molecule has 1 aliphatic rings. The van der Waals surface area contributed by atoms with Gasteiger partial charge in [0.05, 0.1) is 0 Å². The van der Waals surface area contributed by atoms with Gasteiger partial charge in [-0.15, -0.1) is 0 Å². The van der Waals surface area contributed by atoms with Crippen LogP contribution in [-0.4, -0.2) is 0 Å². The summed E-state index contributed by atoms with van der Waals surface area (Å²) in [5, 5.41) is 0. The summed E-state index contributed by atoms with van der Waals surface area (Å²) in [7, 11) is 0. The van der Waals surface area contributed by atoms with Crippen molar-refractivity contribution in [1.29, 1.82) is 0 Å². The van der Waals surface area contributed by atoms with Crippen LogP contribution in [-0.2, 0) is 0 Å². The fourth-order valence-electron chi connectivity index (χ4n) is 3.57. The number of hydrogen-bond donors (Lipinski definition) is 0. The second kappa shape index (κ2) is 6.64. The Bertz CT molecular complexity index is 431. The van der Waals surface area contributed by atoms with Crippen molar-refractivity contribution in [2.24, 2.45) is 11.8 Å². The highest BCUT2D eigenvalue weighted by Gasteiger charge is 2.27. The van der Waals surface area contributed by atoms with Crippen molar-refractivity contribution < 1.29 is 13.2 Å². The van der Waals surface area contributed by atoms with Gasteiger partial charge < -0.3 is 0 Å².